The topological polar surface area (TPSA) is 58.2 Å². The molecular weight excluding hydrogens is 330 g/mol. The van der Waals surface area contributed by atoms with E-state index in [2.05, 4.69) is 11.2 Å². The molecule has 114 valence electrons. The summed E-state index contributed by atoms with van der Waals surface area (Å²) in [6.45, 7) is 1.93. The molecule has 0 fully saturated rings. The Balaban J connectivity index is 1.85. The minimum atomic E-state index is -0.0238. The molecule has 0 saturated carbocycles. The van der Waals surface area contributed by atoms with Crippen LogP contribution >= 0.6 is 23.4 Å². The molecule has 0 aliphatic carbocycles. The number of pyridine rings is 1. The smallest absolute Gasteiger partial charge is 0.173 e. The Labute approximate surface area is 142 Å². The molecule has 0 radical (unpaired) electrons. The molecule has 0 atom stereocenters. The van der Waals surface area contributed by atoms with Crippen molar-refractivity contribution in [2.45, 2.75) is 11.9 Å². The second-order valence-corrected chi connectivity index (χ2v) is 6.38. The lowest BCUT2D eigenvalue weighted by Gasteiger charge is -2.00. The summed E-state index contributed by atoms with van der Waals surface area (Å²) in [5.74, 6) is 0.198. The molecule has 0 aliphatic rings. The van der Waals surface area contributed by atoms with E-state index in [-0.39, 0.29) is 11.5 Å². The summed E-state index contributed by atoms with van der Waals surface area (Å²) >= 11 is 7.10. The lowest BCUT2D eigenvalue weighted by atomic mass is 10.1. The molecule has 2 aromatic heterocycles. The Bertz CT molecular complexity index is 925. The number of ketones is 1. The predicted octanol–water partition coefficient (Wildman–Crippen LogP) is 4.14. The average Bonchev–Trinajstić information content (AvgIpc) is 2.92. The van der Waals surface area contributed by atoms with E-state index >= 15 is 0 Å². The Hall–Kier alpha value is -2.29. The van der Waals surface area contributed by atoms with Crippen molar-refractivity contribution in [3.8, 4) is 6.07 Å². The first-order valence-corrected chi connectivity index (χ1v) is 8.26. The van der Waals surface area contributed by atoms with E-state index in [0.717, 1.165) is 11.2 Å². The van der Waals surface area contributed by atoms with E-state index in [1.54, 1.807) is 28.8 Å². The van der Waals surface area contributed by atoms with Crippen LogP contribution in [-0.2, 0) is 0 Å². The summed E-state index contributed by atoms with van der Waals surface area (Å²) in [5.41, 5.74) is 2.80. The van der Waals surface area contributed by atoms with Gasteiger partial charge in [-0.2, -0.15) is 10.4 Å². The van der Waals surface area contributed by atoms with Gasteiger partial charge in [-0.15, -0.1) is 0 Å². The second kappa shape index (κ2) is 6.45. The molecule has 4 nitrogen and oxygen atoms in total. The van der Waals surface area contributed by atoms with Gasteiger partial charge in [0, 0.05) is 16.3 Å². The monoisotopic (exact) mass is 341 g/mol. The minimum absolute atomic E-state index is 0.0238. The van der Waals surface area contributed by atoms with Gasteiger partial charge in [-0.25, -0.2) is 4.52 Å². The van der Waals surface area contributed by atoms with Crippen LogP contribution < -0.4 is 0 Å². The standard InChI is InChI=1S/C17H12ClN3OS/c1-11-3-2-4-15-14(9-19)17(20-21(11)15)23-10-16(22)12-5-7-13(18)8-6-12/h2-8H,10H2,1H3. The number of halogens is 1. The number of nitrogens with zero attached hydrogens (tertiary/aromatic N) is 3. The van der Waals surface area contributed by atoms with Crippen molar-refractivity contribution in [1.82, 2.24) is 9.61 Å². The minimum Gasteiger partial charge on any atom is -0.293 e. The first-order chi connectivity index (χ1) is 11.1. The highest BCUT2D eigenvalue weighted by molar-refractivity contribution is 8.00. The molecule has 0 bridgehead atoms. The van der Waals surface area contributed by atoms with E-state index in [1.165, 1.54) is 11.8 Å². The Morgan fingerprint density at radius 1 is 1.30 bits per heavy atom. The third-order valence-electron chi connectivity index (χ3n) is 3.43. The molecular formula is C17H12ClN3OS. The zero-order valence-electron chi connectivity index (χ0n) is 12.3. The van der Waals surface area contributed by atoms with Crippen molar-refractivity contribution in [1.29, 1.82) is 5.26 Å². The first-order valence-electron chi connectivity index (χ1n) is 6.90. The van der Waals surface area contributed by atoms with Crippen LogP contribution in [0.25, 0.3) is 5.52 Å². The van der Waals surface area contributed by atoms with Crippen molar-refractivity contribution in [3.63, 3.8) is 0 Å². The molecule has 3 aromatic rings. The van der Waals surface area contributed by atoms with Gasteiger partial charge in [0.15, 0.2) is 5.78 Å². The molecule has 0 spiro atoms. The molecule has 0 saturated heterocycles. The molecule has 2 heterocycles. The number of rotatable bonds is 4. The van der Waals surface area contributed by atoms with Crippen LogP contribution in [0.1, 0.15) is 21.6 Å². The van der Waals surface area contributed by atoms with E-state index in [4.69, 9.17) is 11.6 Å². The van der Waals surface area contributed by atoms with Crippen molar-refractivity contribution in [3.05, 3.63) is 64.3 Å². The van der Waals surface area contributed by atoms with Crippen molar-refractivity contribution >= 4 is 34.7 Å². The number of fused-ring (bicyclic) bond motifs is 1. The molecule has 0 unspecified atom stereocenters. The van der Waals surface area contributed by atoms with Crippen molar-refractivity contribution in [2.24, 2.45) is 0 Å². The third-order valence-corrected chi connectivity index (χ3v) is 4.65. The van der Waals surface area contributed by atoms with E-state index < -0.39 is 0 Å². The van der Waals surface area contributed by atoms with Gasteiger partial charge in [0.2, 0.25) is 0 Å². The summed E-state index contributed by atoms with van der Waals surface area (Å²) in [6.07, 6.45) is 0. The number of aryl methyl sites for hydroxylation is 1. The number of hydrogen-bond acceptors (Lipinski definition) is 4. The highest BCUT2D eigenvalue weighted by atomic mass is 35.5. The van der Waals surface area contributed by atoms with Gasteiger partial charge in [-0.3, -0.25) is 4.79 Å². The Morgan fingerprint density at radius 3 is 2.74 bits per heavy atom. The van der Waals surface area contributed by atoms with Gasteiger partial charge < -0.3 is 0 Å². The van der Waals surface area contributed by atoms with Crippen molar-refractivity contribution in [2.75, 3.05) is 5.75 Å². The van der Waals surface area contributed by atoms with Gasteiger partial charge in [0.25, 0.3) is 0 Å². The normalized spacial score (nSPS) is 10.7. The van der Waals surface area contributed by atoms with E-state index in [0.29, 0.717) is 21.2 Å². The zero-order valence-corrected chi connectivity index (χ0v) is 13.9. The van der Waals surface area contributed by atoms with Crippen LogP contribution in [0.2, 0.25) is 5.02 Å². The third kappa shape index (κ3) is 3.09. The predicted molar refractivity (Wildman–Crippen MR) is 91.2 cm³/mol. The molecule has 0 N–H and O–H groups in total. The fourth-order valence-corrected chi connectivity index (χ4v) is 3.24. The second-order valence-electron chi connectivity index (χ2n) is 4.97. The summed E-state index contributed by atoms with van der Waals surface area (Å²) < 4.78 is 1.73. The number of Topliss-reactive ketones (excluding diaryl/α,β-unsaturated/α-hetero) is 1. The molecule has 6 heteroatoms. The van der Waals surface area contributed by atoms with Crippen LogP contribution in [0.15, 0.2) is 47.5 Å². The summed E-state index contributed by atoms with van der Waals surface area (Å²) in [5, 5.41) is 15.0. The van der Waals surface area contributed by atoms with E-state index in [1.807, 2.05) is 25.1 Å². The fraction of sp³-hybridized carbons (Fsp3) is 0.118. The maximum Gasteiger partial charge on any atom is 0.173 e. The SMILES string of the molecule is Cc1cccc2c(C#N)c(SCC(=O)c3ccc(Cl)cc3)nn12. The fourth-order valence-electron chi connectivity index (χ4n) is 2.24. The number of carbonyl (C=O) groups excluding carboxylic acids is 1. The number of nitriles is 1. The summed E-state index contributed by atoms with van der Waals surface area (Å²) in [4.78, 5) is 12.2. The van der Waals surface area contributed by atoms with Crippen molar-refractivity contribution < 1.29 is 4.79 Å². The highest BCUT2D eigenvalue weighted by Crippen LogP contribution is 2.26. The quantitative estimate of drug-likeness (QED) is 0.528. The van der Waals surface area contributed by atoms with Crippen LogP contribution in [0.3, 0.4) is 0 Å². The van der Waals surface area contributed by atoms with Crippen LogP contribution in [0.4, 0.5) is 0 Å². The molecule has 0 amide bonds. The van der Waals surface area contributed by atoms with Crippen LogP contribution in [0.5, 0.6) is 0 Å². The largest absolute Gasteiger partial charge is 0.293 e. The maximum absolute atomic E-state index is 12.2. The molecule has 0 aliphatic heterocycles. The number of thioether (sulfide) groups is 1. The van der Waals surface area contributed by atoms with Crippen LogP contribution in [-0.4, -0.2) is 21.2 Å². The van der Waals surface area contributed by atoms with E-state index in [9.17, 15) is 10.1 Å². The number of carbonyl (C=O) groups is 1. The summed E-state index contributed by atoms with van der Waals surface area (Å²) in [6, 6.07) is 14.6. The number of aromatic nitrogens is 2. The van der Waals surface area contributed by atoms with Gasteiger partial charge in [0.1, 0.15) is 16.7 Å². The molecule has 23 heavy (non-hydrogen) atoms. The summed E-state index contributed by atoms with van der Waals surface area (Å²) in [7, 11) is 0. The molecule has 3 rings (SSSR count). The van der Waals surface area contributed by atoms with Gasteiger partial charge in [0.05, 0.1) is 11.3 Å². The van der Waals surface area contributed by atoms with Gasteiger partial charge in [-0.1, -0.05) is 29.4 Å². The first kappa shape index (κ1) is 15.6. The van der Waals surface area contributed by atoms with Crippen LogP contribution in [0, 0.1) is 18.3 Å². The molecule has 1 aromatic carbocycles. The lowest BCUT2D eigenvalue weighted by molar-refractivity contribution is 0.102. The highest BCUT2D eigenvalue weighted by Gasteiger charge is 2.16. The average molecular weight is 342 g/mol. The number of benzene rings is 1. The Kier molecular flexibility index (Phi) is 4.37. The zero-order chi connectivity index (χ0) is 16.4. The Morgan fingerprint density at radius 2 is 2.04 bits per heavy atom. The number of hydrogen-bond donors (Lipinski definition) is 0. The van der Waals surface area contributed by atoms with Gasteiger partial charge in [-0.05, 0) is 43.3 Å². The van der Waals surface area contributed by atoms with Gasteiger partial charge >= 0.3 is 0 Å². The lowest BCUT2D eigenvalue weighted by Crippen LogP contribution is -2.02. The maximum atomic E-state index is 12.2.